The Hall–Kier alpha value is -4.08. The number of piperazine rings is 1. The van der Waals surface area contributed by atoms with Crippen molar-refractivity contribution in [2.45, 2.75) is 52.6 Å². The Bertz CT molecular complexity index is 2130. The summed E-state index contributed by atoms with van der Waals surface area (Å²) in [5.74, 6) is -0.317. The fourth-order valence-electron chi connectivity index (χ4n) is 7.65. The van der Waals surface area contributed by atoms with Crippen LogP contribution in [0.3, 0.4) is 0 Å². The normalized spacial score (nSPS) is 15.7. The van der Waals surface area contributed by atoms with E-state index in [1.807, 2.05) is 58.9 Å². The van der Waals surface area contributed by atoms with Gasteiger partial charge in [-0.05, 0) is 90.1 Å². The standard InChI is InChI=1S/C41H52FN9O2.HI/c1-5-49(6-2)34-14-11-30-23-31(41(52)53-40(30)25-34)12-13-33-24-39(50-21-19-46(3)20-22-50)35-26-36(42)37(27-38(35)47(33)4)43-28-32-29-51(45-44-32)18-10-17-48-15-8-7-9-16-48;/h11-14,23-27,29H,5-10,15-22,28H2,1-4H3;1H/b13-12+;. The molecule has 2 fully saturated rings. The fourth-order valence-corrected chi connectivity index (χ4v) is 7.65. The number of pyridine rings is 1. The van der Waals surface area contributed by atoms with Crippen molar-refractivity contribution in [3.8, 4) is 0 Å². The van der Waals surface area contributed by atoms with E-state index in [1.54, 1.807) is 6.07 Å². The van der Waals surface area contributed by atoms with Crippen LogP contribution in [0.15, 0.2) is 57.9 Å². The SMILES string of the molecule is CCN(CC)c1ccc2cc(/C=C/c3cc(N4CCN(C)CC4)c4cc(F)c(NCc5cn(CCCN6CCCCC6)nn5)cc4[n+]3C)c(=O)oc2c1.[I-]. The van der Waals surface area contributed by atoms with Crippen molar-refractivity contribution in [2.24, 2.45) is 7.05 Å². The third-order valence-electron chi connectivity index (χ3n) is 10.9. The third kappa shape index (κ3) is 9.06. The molecule has 0 aliphatic carbocycles. The van der Waals surface area contributed by atoms with Crippen LogP contribution in [0, 0.1) is 5.82 Å². The van der Waals surface area contributed by atoms with Gasteiger partial charge in [0.25, 0.3) is 0 Å². The van der Waals surface area contributed by atoms with Crippen molar-refractivity contribution in [3.63, 3.8) is 0 Å². The van der Waals surface area contributed by atoms with Gasteiger partial charge in [0.15, 0.2) is 0 Å². The predicted octanol–water partition coefficient (Wildman–Crippen LogP) is 2.76. The van der Waals surface area contributed by atoms with Gasteiger partial charge in [-0.1, -0.05) is 11.6 Å². The largest absolute Gasteiger partial charge is 1.00 e. The number of rotatable bonds is 13. The molecule has 0 radical (unpaired) electrons. The van der Waals surface area contributed by atoms with Gasteiger partial charge >= 0.3 is 5.63 Å². The van der Waals surface area contributed by atoms with Gasteiger partial charge in [0.05, 0.1) is 35.1 Å². The number of anilines is 3. The maximum Gasteiger partial charge on any atom is 0.343 e. The maximum atomic E-state index is 15.9. The van der Waals surface area contributed by atoms with Crippen LogP contribution < -0.4 is 49.3 Å². The van der Waals surface area contributed by atoms with Crippen molar-refractivity contribution in [2.75, 3.05) is 81.1 Å². The highest BCUT2D eigenvalue weighted by Gasteiger charge is 2.24. The molecule has 1 N–H and O–H groups in total. The second-order valence-electron chi connectivity index (χ2n) is 14.5. The van der Waals surface area contributed by atoms with Crippen LogP contribution in [0.25, 0.3) is 34.0 Å². The lowest BCUT2D eigenvalue weighted by atomic mass is 10.1. The van der Waals surface area contributed by atoms with Gasteiger partial charge < -0.3 is 53.3 Å². The zero-order valence-corrected chi connectivity index (χ0v) is 34.2. The van der Waals surface area contributed by atoms with Gasteiger partial charge in [0, 0.05) is 81.2 Å². The Labute approximate surface area is 334 Å². The molecule has 0 bridgehead atoms. The summed E-state index contributed by atoms with van der Waals surface area (Å²) in [6.07, 6.45) is 10.7. The van der Waals surface area contributed by atoms with E-state index >= 15 is 4.39 Å². The Morgan fingerprint density at radius 1 is 0.963 bits per heavy atom. The molecule has 54 heavy (non-hydrogen) atoms. The molecule has 2 aliphatic heterocycles. The Kier molecular flexibility index (Phi) is 13.2. The number of piperidine rings is 1. The van der Waals surface area contributed by atoms with Gasteiger partial charge in [-0.25, -0.2) is 9.18 Å². The van der Waals surface area contributed by atoms with Crippen molar-refractivity contribution in [1.29, 1.82) is 0 Å². The number of halogens is 2. The number of aryl methyl sites for hydroxylation is 2. The second-order valence-corrected chi connectivity index (χ2v) is 14.5. The minimum atomic E-state index is -0.388. The fraction of sp³-hybridized carbons (Fsp3) is 0.463. The molecule has 13 heteroatoms. The van der Waals surface area contributed by atoms with Gasteiger partial charge in [-0.2, -0.15) is 4.57 Å². The first-order valence-electron chi connectivity index (χ1n) is 19.3. The van der Waals surface area contributed by atoms with Gasteiger partial charge in [0.2, 0.25) is 11.2 Å². The molecule has 7 rings (SSSR count). The number of fused-ring (bicyclic) bond motifs is 2. The van der Waals surface area contributed by atoms with Gasteiger partial charge in [-0.15, -0.1) is 5.10 Å². The molecule has 5 heterocycles. The van der Waals surface area contributed by atoms with Crippen molar-refractivity contribution >= 4 is 51.1 Å². The first-order valence-corrected chi connectivity index (χ1v) is 19.3. The summed E-state index contributed by atoms with van der Waals surface area (Å²) in [6, 6.07) is 13.5. The van der Waals surface area contributed by atoms with E-state index in [-0.39, 0.29) is 35.4 Å². The molecule has 2 aliphatic rings. The summed E-state index contributed by atoms with van der Waals surface area (Å²) in [7, 11) is 4.10. The molecule has 3 aromatic heterocycles. The van der Waals surface area contributed by atoms with E-state index in [0.29, 0.717) is 23.4 Å². The third-order valence-corrected chi connectivity index (χ3v) is 10.9. The van der Waals surface area contributed by atoms with Crippen LogP contribution in [0.4, 0.5) is 21.5 Å². The van der Waals surface area contributed by atoms with E-state index in [1.165, 1.54) is 32.4 Å². The quantitative estimate of drug-likeness (QED) is 0.109. The highest BCUT2D eigenvalue weighted by molar-refractivity contribution is 5.93. The van der Waals surface area contributed by atoms with Crippen molar-refractivity contribution in [1.82, 2.24) is 24.8 Å². The predicted molar refractivity (Wildman–Crippen MR) is 212 cm³/mol. The lowest BCUT2D eigenvalue weighted by Gasteiger charge is -2.34. The second kappa shape index (κ2) is 18.0. The van der Waals surface area contributed by atoms with E-state index in [0.717, 1.165) is 97.8 Å². The van der Waals surface area contributed by atoms with Gasteiger partial charge in [-0.3, -0.25) is 4.68 Å². The molecule has 2 aromatic carbocycles. The van der Waals surface area contributed by atoms with Crippen LogP contribution in [0.1, 0.15) is 56.5 Å². The molecule has 11 nitrogen and oxygen atoms in total. The van der Waals surface area contributed by atoms with E-state index in [4.69, 9.17) is 4.42 Å². The highest BCUT2D eigenvalue weighted by atomic mass is 127. The van der Waals surface area contributed by atoms with Crippen molar-refractivity contribution in [3.05, 3.63) is 81.9 Å². The average Bonchev–Trinajstić information content (AvgIpc) is 3.63. The van der Waals surface area contributed by atoms with E-state index in [2.05, 4.69) is 68.3 Å². The van der Waals surface area contributed by atoms with E-state index < -0.39 is 0 Å². The number of nitrogens with one attached hydrogen (secondary N) is 1. The number of hydrogen-bond acceptors (Lipinski definition) is 9. The summed E-state index contributed by atoms with van der Waals surface area (Å²) in [5.41, 5.74) is 5.58. The zero-order valence-electron chi connectivity index (χ0n) is 32.0. The average molecular weight is 850 g/mol. The van der Waals surface area contributed by atoms with Crippen LogP contribution >= 0.6 is 0 Å². The minimum absolute atomic E-state index is 0. The minimum Gasteiger partial charge on any atom is -1.00 e. The first kappa shape index (κ1) is 39.6. The zero-order chi connectivity index (χ0) is 36.9. The topological polar surface area (TPSA) is 89.8 Å². The van der Waals surface area contributed by atoms with Crippen LogP contribution in [0.5, 0.6) is 0 Å². The summed E-state index contributed by atoms with van der Waals surface area (Å²) < 4.78 is 25.6. The molecule has 0 atom stereocenters. The van der Waals surface area contributed by atoms with Crippen molar-refractivity contribution < 1.29 is 37.4 Å². The summed E-state index contributed by atoms with van der Waals surface area (Å²) >= 11 is 0. The number of hydrogen-bond donors (Lipinski definition) is 1. The molecule has 0 amide bonds. The molecule has 0 saturated carbocycles. The monoisotopic (exact) mass is 849 g/mol. The molecule has 288 valence electrons. The smallest absolute Gasteiger partial charge is 0.343 e. The van der Waals surface area contributed by atoms with Crippen LogP contribution in [-0.4, -0.2) is 90.7 Å². The maximum absolute atomic E-state index is 15.9. The lowest BCUT2D eigenvalue weighted by molar-refractivity contribution is -0.646. The summed E-state index contributed by atoms with van der Waals surface area (Å²) in [6.45, 7) is 14.1. The highest BCUT2D eigenvalue weighted by Crippen LogP contribution is 2.31. The molecular weight excluding hydrogens is 796 g/mol. The van der Waals surface area contributed by atoms with Crippen LogP contribution in [0.2, 0.25) is 0 Å². The number of likely N-dealkylation sites (tertiary alicyclic amines) is 1. The van der Waals surface area contributed by atoms with Gasteiger partial charge in [0.1, 0.15) is 24.1 Å². The molecule has 0 unspecified atom stereocenters. The number of benzene rings is 2. The molecule has 0 spiro atoms. The Balaban J connectivity index is 0.00000497. The molecule has 2 saturated heterocycles. The molecular formula is C41H53FIN9O2. The van der Waals surface area contributed by atoms with E-state index in [9.17, 15) is 4.79 Å². The number of nitrogens with zero attached hydrogens (tertiary/aromatic N) is 8. The number of likely N-dealkylation sites (N-methyl/N-ethyl adjacent to an activating group) is 1. The summed E-state index contributed by atoms with van der Waals surface area (Å²) in [4.78, 5) is 22.6. The summed E-state index contributed by atoms with van der Waals surface area (Å²) in [5, 5.41) is 13.7. The number of aromatic nitrogens is 4. The lowest BCUT2D eigenvalue weighted by Crippen LogP contribution is -3.00. The Morgan fingerprint density at radius 3 is 2.50 bits per heavy atom. The molecule has 5 aromatic rings. The Morgan fingerprint density at radius 2 is 1.74 bits per heavy atom. The first-order chi connectivity index (χ1) is 25.8. The van der Waals surface area contributed by atoms with Crippen LogP contribution in [-0.2, 0) is 20.1 Å².